The molecule has 8 rings (SSSR count). The zero-order valence-electron chi connectivity index (χ0n) is 30.0. The van der Waals surface area contributed by atoms with E-state index in [1.807, 2.05) is 4.90 Å². The van der Waals surface area contributed by atoms with Gasteiger partial charge in [-0.3, -0.25) is 28.6 Å². The highest BCUT2D eigenvalue weighted by molar-refractivity contribution is 6.31. The fourth-order valence-electron chi connectivity index (χ4n) is 8.41. The highest BCUT2D eigenvalue weighted by Gasteiger charge is 2.50. The number of aromatic amines is 1. The smallest absolute Gasteiger partial charge is 0.278 e. The Balaban J connectivity index is 1.14. The minimum Gasteiger partial charge on any atom is -0.507 e. The number of aromatic hydroxyl groups is 2. The molecule has 2 aromatic heterocycles. The summed E-state index contributed by atoms with van der Waals surface area (Å²) in [5.41, 5.74) is -3.50. The first-order valence-electron chi connectivity index (χ1n) is 17.8. The van der Waals surface area contributed by atoms with Crippen LogP contribution in [0, 0.1) is 0 Å². The van der Waals surface area contributed by atoms with Crippen LogP contribution in [0.25, 0.3) is 11.2 Å². The Hall–Kier alpha value is -5.08. The second kappa shape index (κ2) is 13.6. The highest BCUT2D eigenvalue weighted by atomic mass is 16.7. The van der Waals surface area contributed by atoms with Gasteiger partial charge in [-0.1, -0.05) is 12.1 Å². The van der Waals surface area contributed by atoms with Gasteiger partial charge in [0.15, 0.2) is 29.0 Å². The van der Waals surface area contributed by atoms with Crippen LogP contribution in [-0.4, -0.2) is 130 Å². The first kappa shape index (κ1) is 36.9. The molecule has 4 aliphatic rings. The number of ether oxygens (including phenoxy) is 4. The summed E-state index contributed by atoms with van der Waals surface area (Å²) < 4.78 is 25.6. The molecule has 2 aromatic carbocycles. The van der Waals surface area contributed by atoms with Gasteiger partial charge in [-0.25, -0.2) is 9.97 Å². The number of carbonyl (C=O) groups excluding carboxylic acids is 3. The molecule has 6 N–H and O–H groups in total. The fourth-order valence-corrected chi connectivity index (χ4v) is 8.41. The number of nitrogens with zero attached hydrogens (tertiary/aromatic N) is 4. The molecule has 0 unspecified atom stereocenters. The molecule has 0 amide bonds. The summed E-state index contributed by atoms with van der Waals surface area (Å²) >= 11 is 0. The largest absolute Gasteiger partial charge is 0.507 e. The second-order valence-electron chi connectivity index (χ2n) is 14.4. The molecular weight excluding hydrogens is 722 g/mol. The van der Waals surface area contributed by atoms with Gasteiger partial charge >= 0.3 is 0 Å². The van der Waals surface area contributed by atoms with Crippen molar-refractivity contribution in [2.24, 2.45) is 0 Å². The van der Waals surface area contributed by atoms with Crippen LogP contribution >= 0.6 is 0 Å². The van der Waals surface area contributed by atoms with Crippen molar-refractivity contribution in [3.63, 3.8) is 0 Å². The molecule has 4 aromatic rings. The molecular formula is C37H39N5O13. The summed E-state index contributed by atoms with van der Waals surface area (Å²) in [6.45, 7) is 2.78. The zero-order valence-corrected chi connectivity index (χ0v) is 30.0. The third-order valence-corrected chi connectivity index (χ3v) is 11.2. The van der Waals surface area contributed by atoms with Gasteiger partial charge in [0.25, 0.3) is 5.56 Å². The van der Waals surface area contributed by atoms with Gasteiger partial charge in [0.2, 0.25) is 5.78 Å². The Kier molecular flexibility index (Phi) is 9.11. The van der Waals surface area contributed by atoms with Crippen molar-refractivity contribution in [2.75, 3.05) is 26.8 Å². The number of rotatable bonds is 7. The SMILES string of the molecule is COc1cccc2c1C(=O)c1c(O)c3c(c(O)c1C2=O)C[C@@](O)(C(C)=O)C[C@@H]3O[C@H]1C[C@H](N2C[C@H](CO)O[C@H](n3cnc4c(=O)[nH]cnc43)C2)[C@H](O)[C@H](C)O1. The fraction of sp³-hybridized carbons (Fsp3) is 0.459. The molecule has 2 aliphatic carbocycles. The maximum atomic E-state index is 14.0. The Morgan fingerprint density at radius 2 is 1.84 bits per heavy atom. The number of benzene rings is 2. The van der Waals surface area contributed by atoms with Crippen LogP contribution in [0.15, 0.2) is 35.6 Å². The van der Waals surface area contributed by atoms with Gasteiger partial charge < -0.3 is 49.5 Å². The van der Waals surface area contributed by atoms with Crippen molar-refractivity contribution in [1.82, 2.24) is 24.4 Å². The number of hydrogen-bond acceptors (Lipinski definition) is 16. The molecule has 2 fully saturated rings. The molecule has 18 heteroatoms. The molecule has 55 heavy (non-hydrogen) atoms. The lowest BCUT2D eigenvalue weighted by molar-refractivity contribution is -0.265. The number of phenolic OH excluding ortho intramolecular Hbond substituents is 2. The van der Waals surface area contributed by atoms with E-state index in [0.29, 0.717) is 0 Å². The Bertz CT molecular complexity index is 2310. The number of carbonyl (C=O) groups is 3. The van der Waals surface area contributed by atoms with Gasteiger partial charge in [-0.15, -0.1) is 0 Å². The standard InChI is InChI=1S/C37H39N5O13/c1-15-30(45)20(41-10-17(12-43)54-23(11-41)42-14-40-29-35(42)38-13-39-36(29)50)7-24(53-15)55-22-9-37(51,16(2)44)8-19-26(22)34(49)28-27(32(19)47)31(46)18-5-4-6-21(52-3)25(18)33(28)48/h4-6,13-15,17,20,22-24,30,43,45,47,49,51H,7-12H2,1-3H3,(H,38,39,50)/t15-,17+,20-,22-,23-,24-,30+,37-/m0/s1. The second-order valence-corrected chi connectivity index (χ2v) is 14.4. The van der Waals surface area contributed by atoms with Gasteiger partial charge in [0, 0.05) is 55.1 Å². The number of H-pyrrole nitrogens is 1. The summed E-state index contributed by atoms with van der Waals surface area (Å²) in [4.78, 5) is 65.9. The van der Waals surface area contributed by atoms with Crippen molar-refractivity contribution in [2.45, 2.75) is 81.7 Å². The van der Waals surface area contributed by atoms with Crippen molar-refractivity contribution in [1.29, 1.82) is 0 Å². The Labute approximate surface area is 311 Å². The zero-order chi connectivity index (χ0) is 39.1. The number of nitrogens with one attached hydrogen (secondary N) is 1. The lowest BCUT2D eigenvalue weighted by Crippen LogP contribution is -2.60. The van der Waals surface area contributed by atoms with Crippen molar-refractivity contribution >= 4 is 28.5 Å². The number of imidazole rings is 1. The van der Waals surface area contributed by atoms with Crippen molar-refractivity contribution in [3.8, 4) is 17.2 Å². The number of ketones is 3. The quantitative estimate of drug-likeness (QED) is 0.123. The first-order valence-corrected chi connectivity index (χ1v) is 17.8. The number of aromatic nitrogens is 4. The maximum absolute atomic E-state index is 14.0. The van der Waals surface area contributed by atoms with Gasteiger partial charge in [0.1, 0.15) is 29.1 Å². The van der Waals surface area contributed by atoms with Crippen LogP contribution in [0.5, 0.6) is 17.2 Å². The monoisotopic (exact) mass is 761 g/mol. The van der Waals surface area contributed by atoms with E-state index in [9.17, 15) is 44.7 Å². The molecule has 18 nitrogen and oxygen atoms in total. The number of hydrogen-bond donors (Lipinski definition) is 6. The number of aliphatic hydroxyl groups is 3. The third kappa shape index (κ3) is 5.83. The molecule has 2 saturated heterocycles. The van der Waals surface area contributed by atoms with Crippen LogP contribution in [0.3, 0.4) is 0 Å². The Morgan fingerprint density at radius 3 is 2.56 bits per heavy atom. The predicted octanol–water partition coefficient (Wildman–Crippen LogP) is 0.395. The topological polar surface area (TPSA) is 256 Å². The van der Waals surface area contributed by atoms with E-state index in [2.05, 4.69) is 15.0 Å². The van der Waals surface area contributed by atoms with Crippen LogP contribution in [-0.2, 0) is 25.4 Å². The van der Waals surface area contributed by atoms with E-state index in [4.69, 9.17) is 18.9 Å². The number of aliphatic hydroxyl groups excluding tert-OH is 2. The van der Waals surface area contributed by atoms with E-state index in [1.165, 1.54) is 44.9 Å². The molecule has 0 radical (unpaired) electrons. The van der Waals surface area contributed by atoms with Crippen molar-refractivity contribution < 1.29 is 58.9 Å². The lowest BCUT2D eigenvalue weighted by atomic mass is 9.72. The van der Waals surface area contributed by atoms with E-state index < -0.39 is 107 Å². The minimum atomic E-state index is -2.10. The molecule has 0 bridgehead atoms. The summed E-state index contributed by atoms with van der Waals surface area (Å²) in [5, 5.41) is 56.8. The summed E-state index contributed by atoms with van der Waals surface area (Å²) in [6, 6.07) is 3.72. The van der Waals surface area contributed by atoms with Crippen LogP contribution in [0.2, 0.25) is 0 Å². The van der Waals surface area contributed by atoms with Gasteiger partial charge in [0.05, 0.1) is 67.5 Å². The predicted molar refractivity (Wildman–Crippen MR) is 187 cm³/mol. The van der Waals surface area contributed by atoms with E-state index >= 15 is 0 Å². The first-order chi connectivity index (χ1) is 26.3. The number of phenols is 2. The molecule has 2 aliphatic heterocycles. The van der Waals surface area contributed by atoms with E-state index in [0.717, 1.165) is 0 Å². The molecule has 290 valence electrons. The van der Waals surface area contributed by atoms with Crippen LogP contribution in [0.4, 0.5) is 0 Å². The summed E-state index contributed by atoms with van der Waals surface area (Å²) in [5.74, 6) is -3.44. The minimum absolute atomic E-state index is 0.00295. The molecule has 0 spiro atoms. The highest BCUT2D eigenvalue weighted by Crippen LogP contribution is 2.52. The number of methoxy groups -OCH3 is 1. The van der Waals surface area contributed by atoms with Crippen molar-refractivity contribution in [3.05, 3.63) is 74.6 Å². The van der Waals surface area contributed by atoms with Gasteiger partial charge in [-0.2, -0.15) is 0 Å². The number of fused-ring (bicyclic) bond motifs is 4. The molecule has 0 saturated carbocycles. The Morgan fingerprint density at radius 1 is 1.07 bits per heavy atom. The number of Topliss-reactive ketones (excluding diaryl/α,β-unsaturated/α-hetero) is 1. The van der Waals surface area contributed by atoms with Crippen LogP contribution in [0.1, 0.15) is 82.0 Å². The molecule has 4 heterocycles. The van der Waals surface area contributed by atoms with E-state index in [-0.39, 0.29) is 65.3 Å². The maximum Gasteiger partial charge on any atom is 0.278 e. The lowest BCUT2D eigenvalue weighted by Gasteiger charge is -2.48. The third-order valence-electron chi connectivity index (χ3n) is 11.2. The summed E-state index contributed by atoms with van der Waals surface area (Å²) in [7, 11) is 1.33. The average Bonchev–Trinajstić information content (AvgIpc) is 3.61. The number of morpholine rings is 1. The normalized spacial score (nSPS) is 29.5. The average molecular weight is 762 g/mol. The van der Waals surface area contributed by atoms with E-state index in [1.54, 1.807) is 11.5 Å². The van der Waals surface area contributed by atoms with Crippen LogP contribution < -0.4 is 10.3 Å². The molecule has 8 atom stereocenters. The van der Waals surface area contributed by atoms with Gasteiger partial charge in [-0.05, 0) is 19.9 Å². The summed E-state index contributed by atoms with van der Waals surface area (Å²) in [6.07, 6.45) is -4.14.